The minimum atomic E-state index is -3.08. The SMILES string of the molecule is O=S1(=O)CC(C2(CNC3CC3)CCCC2)c2ccccc21. The highest BCUT2D eigenvalue weighted by Gasteiger charge is 2.49. The molecule has 3 nitrogen and oxygen atoms in total. The molecule has 0 saturated heterocycles. The molecule has 0 bridgehead atoms. The summed E-state index contributed by atoms with van der Waals surface area (Å²) in [6, 6.07) is 8.37. The number of sulfone groups is 1. The van der Waals surface area contributed by atoms with Crippen LogP contribution in [0.15, 0.2) is 29.2 Å². The van der Waals surface area contributed by atoms with Gasteiger partial charge in [-0.15, -0.1) is 0 Å². The molecule has 0 aromatic heterocycles. The smallest absolute Gasteiger partial charge is 0.179 e. The topological polar surface area (TPSA) is 46.2 Å². The van der Waals surface area contributed by atoms with Crippen LogP contribution in [0.4, 0.5) is 0 Å². The van der Waals surface area contributed by atoms with E-state index >= 15 is 0 Å². The molecule has 3 aliphatic rings. The van der Waals surface area contributed by atoms with Crippen LogP contribution in [0.3, 0.4) is 0 Å². The van der Waals surface area contributed by atoms with Crippen LogP contribution in [0, 0.1) is 5.41 Å². The summed E-state index contributed by atoms with van der Waals surface area (Å²) in [6.45, 7) is 0.992. The maximum absolute atomic E-state index is 12.5. The molecule has 114 valence electrons. The monoisotopic (exact) mass is 305 g/mol. The molecule has 1 unspecified atom stereocenters. The van der Waals surface area contributed by atoms with Crippen LogP contribution in [-0.4, -0.2) is 26.8 Å². The Morgan fingerprint density at radius 2 is 1.86 bits per heavy atom. The Morgan fingerprint density at radius 3 is 2.57 bits per heavy atom. The normalized spacial score (nSPS) is 29.4. The van der Waals surface area contributed by atoms with Crippen molar-refractivity contribution in [2.45, 2.75) is 55.4 Å². The second kappa shape index (κ2) is 4.82. The third-order valence-electron chi connectivity index (χ3n) is 5.67. The zero-order chi connectivity index (χ0) is 14.5. The van der Waals surface area contributed by atoms with E-state index in [0.717, 1.165) is 12.1 Å². The number of benzene rings is 1. The largest absolute Gasteiger partial charge is 0.313 e. The molecular formula is C17H23NO2S. The Kier molecular flexibility index (Phi) is 3.16. The lowest BCUT2D eigenvalue weighted by Gasteiger charge is -2.36. The summed E-state index contributed by atoms with van der Waals surface area (Å²) in [6.07, 6.45) is 7.39. The quantitative estimate of drug-likeness (QED) is 0.930. The van der Waals surface area contributed by atoms with Gasteiger partial charge in [-0.05, 0) is 42.7 Å². The van der Waals surface area contributed by atoms with Gasteiger partial charge < -0.3 is 5.32 Å². The fourth-order valence-corrected chi connectivity index (χ4v) is 6.33. The van der Waals surface area contributed by atoms with Crippen molar-refractivity contribution in [3.63, 3.8) is 0 Å². The molecule has 0 amide bonds. The molecule has 1 heterocycles. The van der Waals surface area contributed by atoms with Crippen molar-refractivity contribution in [3.05, 3.63) is 29.8 Å². The molecular weight excluding hydrogens is 282 g/mol. The second-order valence-electron chi connectivity index (χ2n) is 7.10. The van der Waals surface area contributed by atoms with Crippen LogP contribution in [0.2, 0.25) is 0 Å². The maximum atomic E-state index is 12.5. The lowest BCUT2D eigenvalue weighted by Crippen LogP contribution is -2.39. The van der Waals surface area contributed by atoms with Gasteiger partial charge in [-0.1, -0.05) is 31.0 Å². The Labute approximate surface area is 127 Å². The number of nitrogens with one attached hydrogen (secondary N) is 1. The van der Waals surface area contributed by atoms with E-state index in [0.29, 0.717) is 16.7 Å². The third-order valence-corrected chi connectivity index (χ3v) is 7.49. The van der Waals surface area contributed by atoms with Crippen LogP contribution < -0.4 is 5.32 Å². The van der Waals surface area contributed by atoms with Gasteiger partial charge in [0.2, 0.25) is 0 Å². The van der Waals surface area contributed by atoms with Gasteiger partial charge in [-0.2, -0.15) is 0 Å². The Hall–Kier alpha value is -0.870. The number of hydrogen-bond acceptors (Lipinski definition) is 3. The lowest BCUT2D eigenvalue weighted by atomic mass is 9.71. The number of fused-ring (bicyclic) bond motifs is 1. The molecule has 4 rings (SSSR count). The molecule has 1 aromatic carbocycles. The summed E-state index contributed by atoms with van der Waals surface area (Å²) in [5.74, 6) is 0.506. The van der Waals surface area contributed by atoms with Gasteiger partial charge in [0.15, 0.2) is 9.84 Å². The fourth-order valence-electron chi connectivity index (χ4n) is 4.32. The average Bonchev–Trinajstić information content (AvgIpc) is 3.12. The van der Waals surface area contributed by atoms with E-state index in [4.69, 9.17) is 0 Å². The first kappa shape index (κ1) is 13.8. The van der Waals surface area contributed by atoms with Gasteiger partial charge in [0.25, 0.3) is 0 Å². The summed E-state index contributed by atoms with van der Waals surface area (Å²) < 4.78 is 25.0. The fraction of sp³-hybridized carbons (Fsp3) is 0.647. The predicted octanol–water partition coefficient (Wildman–Crippen LogP) is 2.87. The van der Waals surface area contributed by atoms with Crippen LogP contribution >= 0.6 is 0 Å². The summed E-state index contributed by atoms with van der Waals surface area (Å²) in [5, 5.41) is 3.68. The predicted molar refractivity (Wildman–Crippen MR) is 83.2 cm³/mol. The van der Waals surface area contributed by atoms with Crippen molar-refractivity contribution >= 4 is 9.84 Å². The Balaban J connectivity index is 1.70. The molecule has 1 atom stereocenters. The first-order chi connectivity index (χ1) is 10.1. The summed E-state index contributed by atoms with van der Waals surface area (Å²) in [5.41, 5.74) is 1.24. The van der Waals surface area contributed by atoms with Gasteiger partial charge in [-0.3, -0.25) is 0 Å². The van der Waals surface area contributed by atoms with Crippen molar-refractivity contribution in [1.29, 1.82) is 0 Å². The number of rotatable bonds is 4. The molecule has 4 heteroatoms. The van der Waals surface area contributed by atoms with Gasteiger partial charge in [0.1, 0.15) is 0 Å². The highest BCUT2D eigenvalue weighted by atomic mass is 32.2. The van der Waals surface area contributed by atoms with E-state index in [1.54, 1.807) is 6.07 Å². The van der Waals surface area contributed by atoms with Crippen LogP contribution in [-0.2, 0) is 9.84 Å². The molecule has 2 aliphatic carbocycles. The number of hydrogen-bond donors (Lipinski definition) is 1. The van der Waals surface area contributed by atoms with Gasteiger partial charge in [0.05, 0.1) is 10.6 Å². The highest BCUT2D eigenvalue weighted by Crippen LogP contribution is 2.53. The van der Waals surface area contributed by atoms with E-state index in [1.807, 2.05) is 18.2 Å². The van der Waals surface area contributed by atoms with E-state index in [-0.39, 0.29) is 11.3 Å². The van der Waals surface area contributed by atoms with Crippen molar-refractivity contribution in [1.82, 2.24) is 5.32 Å². The molecule has 0 radical (unpaired) electrons. The van der Waals surface area contributed by atoms with Crippen LogP contribution in [0.5, 0.6) is 0 Å². The van der Waals surface area contributed by atoms with Gasteiger partial charge in [0, 0.05) is 18.5 Å². The van der Waals surface area contributed by atoms with Crippen molar-refractivity contribution in [2.24, 2.45) is 5.41 Å². The first-order valence-electron chi connectivity index (χ1n) is 8.16. The van der Waals surface area contributed by atoms with Gasteiger partial charge >= 0.3 is 0 Å². The molecule has 1 aromatic rings. The third kappa shape index (κ3) is 2.33. The van der Waals surface area contributed by atoms with E-state index in [1.165, 1.54) is 38.5 Å². The summed E-state index contributed by atoms with van der Waals surface area (Å²) in [7, 11) is -3.08. The standard InChI is InChI=1S/C17H23NO2S/c19-21(20)11-15(14-5-1-2-6-16(14)21)17(9-3-4-10-17)12-18-13-7-8-13/h1-2,5-6,13,15,18H,3-4,7-12H2. The van der Waals surface area contributed by atoms with Crippen molar-refractivity contribution in [3.8, 4) is 0 Å². The van der Waals surface area contributed by atoms with E-state index < -0.39 is 9.84 Å². The zero-order valence-electron chi connectivity index (χ0n) is 12.3. The molecule has 1 N–H and O–H groups in total. The van der Waals surface area contributed by atoms with Crippen LogP contribution in [0.25, 0.3) is 0 Å². The molecule has 1 aliphatic heterocycles. The van der Waals surface area contributed by atoms with Gasteiger partial charge in [-0.25, -0.2) is 8.42 Å². The van der Waals surface area contributed by atoms with E-state index in [9.17, 15) is 8.42 Å². The van der Waals surface area contributed by atoms with E-state index in [2.05, 4.69) is 5.32 Å². The average molecular weight is 305 g/mol. The minimum Gasteiger partial charge on any atom is -0.313 e. The highest BCUT2D eigenvalue weighted by molar-refractivity contribution is 7.91. The zero-order valence-corrected chi connectivity index (χ0v) is 13.2. The maximum Gasteiger partial charge on any atom is 0.179 e. The first-order valence-corrected chi connectivity index (χ1v) is 9.81. The van der Waals surface area contributed by atoms with Crippen LogP contribution in [0.1, 0.15) is 50.0 Å². The summed E-state index contributed by atoms with van der Waals surface area (Å²) in [4.78, 5) is 0.590. The molecule has 0 spiro atoms. The Morgan fingerprint density at radius 1 is 1.14 bits per heavy atom. The second-order valence-corrected chi connectivity index (χ2v) is 9.10. The van der Waals surface area contributed by atoms with Crippen molar-refractivity contribution in [2.75, 3.05) is 12.3 Å². The summed E-state index contributed by atoms with van der Waals surface area (Å²) >= 11 is 0. The minimum absolute atomic E-state index is 0.155. The molecule has 2 fully saturated rings. The Bertz CT molecular complexity index is 643. The molecule has 21 heavy (non-hydrogen) atoms. The van der Waals surface area contributed by atoms with Crippen molar-refractivity contribution < 1.29 is 8.42 Å². The lowest BCUT2D eigenvalue weighted by molar-refractivity contribution is 0.232. The molecule has 2 saturated carbocycles.